The fraction of sp³-hybridized carbons (Fsp3) is 0.375. The quantitative estimate of drug-likeness (QED) is 0.858. The van der Waals surface area contributed by atoms with Gasteiger partial charge in [-0.15, -0.1) is 0 Å². The van der Waals surface area contributed by atoms with Crippen LogP contribution in [0.3, 0.4) is 0 Å². The lowest BCUT2D eigenvalue weighted by molar-refractivity contribution is -0.116. The summed E-state index contributed by atoms with van der Waals surface area (Å²) in [4.78, 5) is 24.9. The average Bonchev–Trinajstić information content (AvgIpc) is 2.73. The average molecular weight is 319 g/mol. The zero-order chi connectivity index (χ0) is 16.1. The zero-order valence-corrected chi connectivity index (χ0v) is 13.9. The van der Waals surface area contributed by atoms with Gasteiger partial charge in [-0.05, 0) is 32.0 Å². The van der Waals surface area contributed by atoms with E-state index in [9.17, 15) is 9.59 Å². The minimum Gasteiger partial charge on any atom is -0.324 e. The molecule has 0 unspecified atom stereocenters. The number of thiazole rings is 1. The number of amides is 1. The number of aryl methyl sites for hydroxylation is 1. The van der Waals surface area contributed by atoms with Gasteiger partial charge in [-0.2, -0.15) is 0 Å². The summed E-state index contributed by atoms with van der Waals surface area (Å²) in [7, 11) is 0. The van der Waals surface area contributed by atoms with Crippen molar-refractivity contribution >= 4 is 22.9 Å². The smallest absolute Gasteiger partial charge is 0.308 e. The number of hydrogen-bond acceptors (Lipinski definition) is 4. The highest BCUT2D eigenvalue weighted by Crippen LogP contribution is 2.15. The predicted octanol–water partition coefficient (Wildman–Crippen LogP) is 2.27. The van der Waals surface area contributed by atoms with Crippen LogP contribution in [0.2, 0.25) is 0 Å². The Morgan fingerprint density at radius 1 is 1.27 bits per heavy atom. The summed E-state index contributed by atoms with van der Waals surface area (Å²) < 4.78 is 1.52. The maximum Gasteiger partial charge on any atom is 0.308 e. The van der Waals surface area contributed by atoms with Gasteiger partial charge in [0.2, 0.25) is 5.91 Å². The first-order valence-corrected chi connectivity index (χ1v) is 8.10. The number of para-hydroxylation sites is 1. The van der Waals surface area contributed by atoms with E-state index >= 15 is 0 Å². The largest absolute Gasteiger partial charge is 0.324 e. The summed E-state index contributed by atoms with van der Waals surface area (Å²) in [6, 6.07) is 7.68. The van der Waals surface area contributed by atoms with Gasteiger partial charge in [0.15, 0.2) is 0 Å². The van der Waals surface area contributed by atoms with Crippen LogP contribution in [0, 0.1) is 13.8 Å². The minimum atomic E-state index is -0.188. The highest BCUT2D eigenvalue weighted by molar-refractivity contribution is 7.09. The minimum absolute atomic E-state index is 0.0462. The molecule has 0 radical (unpaired) electrons. The molecule has 5 nitrogen and oxygen atoms in total. The molecule has 0 saturated carbocycles. The van der Waals surface area contributed by atoms with Gasteiger partial charge in [0.05, 0.1) is 0 Å². The third-order valence-corrected chi connectivity index (χ3v) is 4.53. The lowest BCUT2D eigenvalue weighted by Gasteiger charge is -2.12. The Morgan fingerprint density at radius 3 is 2.64 bits per heavy atom. The lowest BCUT2D eigenvalue weighted by atomic mass is 10.1. The van der Waals surface area contributed by atoms with Gasteiger partial charge in [0.25, 0.3) is 0 Å². The van der Waals surface area contributed by atoms with Crippen molar-refractivity contribution in [3.05, 3.63) is 50.1 Å². The molecule has 0 bridgehead atoms. The Kier molecular flexibility index (Phi) is 5.51. The van der Waals surface area contributed by atoms with Crippen LogP contribution in [0.5, 0.6) is 0 Å². The fourth-order valence-electron chi connectivity index (χ4n) is 2.16. The van der Waals surface area contributed by atoms with Crippen LogP contribution in [0.1, 0.15) is 23.1 Å². The zero-order valence-electron chi connectivity index (χ0n) is 13.1. The van der Waals surface area contributed by atoms with Crippen molar-refractivity contribution in [2.75, 3.05) is 11.9 Å². The van der Waals surface area contributed by atoms with Gasteiger partial charge >= 0.3 is 4.87 Å². The van der Waals surface area contributed by atoms with Gasteiger partial charge in [-0.25, -0.2) is 0 Å². The molecule has 118 valence electrons. The van der Waals surface area contributed by atoms with Crippen LogP contribution in [-0.2, 0) is 17.9 Å². The molecule has 2 rings (SSSR count). The van der Waals surface area contributed by atoms with Crippen molar-refractivity contribution in [2.45, 2.75) is 33.9 Å². The topological polar surface area (TPSA) is 63.1 Å². The molecule has 1 heterocycles. The van der Waals surface area contributed by atoms with Crippen molar-refractivity contribution in [3.63, 3.8) is 0 Å². The van der Waals surface area contributed by atoms with Crippen LogP contribution in [0.25, 0.3) is 0 Å². The molecule has 0 aliphatic rings. The summed E-state index contributed by atoms with van der Waals surface area (Å²) in [5.41, 5.74) is 2.67. The van der Waals surface area contributed by atoms with Crippen LogP contribution < -0.4 is 15.5 Å². The second-order valence-electron chi connectivity index (χ2n) is 5.08. The number of nitrogens with zero attached hydrogens (tertiary/aromatic N) is 1. The Labute approximate surface area is 134 Å². The summed E-state index contributed by atoms with van der Waals surface area (Å²) in [5.74, 6) is -0.188. The molecule has 0 aliphatic carbocycles. The Balaban J connectivity index is 2.11. The van der Waals surface area contributed by atoms with E-state index in [-0.39, 0.29) is 17.3 Å². The molecule has 2 aromatic rings. The van der Waals surface area contributed by atoms with Gasteiger partial charge in [-0.1, -0.05) is 36.5 Å². The summed E-state index contributed by atoms with van der Waals surface area (Å²) in [6.45, 7) is 7.40. The predicted molar refractivity (Wildman–Crippen MR) is 90.5 cm³/mol. The summed E-state index contributed by atoms with van der Waals surface area (Å²) in [6.07, 6.45) is 0. The van der Waals surface area contributed by atoms with Crippen LogP contribution >= 0.6 is 11.3 Å². The second-order valence-corrected chi connectivity index (χ2v) is 6.25. The fourth-order valence-corrected chi connectivity index (χ4v) is 2.99. The Morgan fingerprint density at radius 2 is 2.00 bits per heavy atom. The van der Waals surface area contributed by atoms with E-state index in [1.54, 1.807) is 0 Å². The molecule has 0 aliphatic heterocycles. The first-order valence-electron chi connectivity index (χ1n) is 7.28. The molecule has 6 heteroatoms. The normalized spacial score (nSPS) is 10.7. The molecule has 2 N–H and O–H groups in total. The monoisotopic (exact) mass is 319 g/mol. The van der Waals surface area contributed by atoms with Crippen molar-refractivity contribution in [1.82, 2.24) is 9.88 Å². The standard InChI is InChI=1S/C16H21N3O2S/c1-4-17-9-13-7-5-6-8-14(13)18-15(20)10-19-11(2)12(3)22-16(19)21/h5-8,17H,4,9-10H2,1-3H3,(H,18,20). The molecule has 0 atom stereocenters. The van der Waals surface area contributed by atoms with E-state index in [4.69, 9.17) is 0 Å². The molecule has 1 amide bonds. The number of aromatic nitrogens is 1. The van der Waals surface area contributed by atoms with Gasteiger partial charge in [-0.3, -0.25) is 14.2 Å². The van der Waals surface area contributed by atoms with E-state index in [0.29, 0.717) is 6.54 Å². The number of hydrogen-bond donors (Lipinski definition) is 2. The van der Waals surface area contributed by atoms with Crippen LogP contribution in [0.15, 0.2) is 29.1 Å². The molecule has 0 spiro atoms. The third kappa shape index (κ3) is 3.84. The summed E-state index contributed by atoms with van der Waals surface area (Å²) >= 11 is 1.18. The van der Waals surface area contributed by atoms with Crippen molar-refractivity contribution < 1.29 is 4.79 Å². The van der Waals surface area contributed by atoms with E-state index in [0.717, 1.165) is 28.4 Å². The first kappa shape index (κ1) is 16.5. The lowest BCUT2D eigenvalue weighted by Crippen LogP contribution is -2.26. The van der Waals surface area contributed by atoms with E-state index < -0.39 is 0 Å². The van der Waals surface area contributed by atoms with Crippen molar-refractivity contribution in [3.8, 4) is 0 Å². The molecular formula is C16H21N3O2S. The maximum absolute atomic E-state index is 12.2. The SMILES string of the molecule is CCNCc1ccccc1NC(=O)Cn1c(C)c(C)sc1=O. The number of carbonyl (C=O) groups is 1. The van der Waals surface area contributed by atoms with Crippen molar-refractivity contribution in [2.24, 2.45) is 0 Å². The molecule has 22 heavy (non-hydrogen) atoms. The van der Waals surface area contributed by atoms with E-state index in [1.165, 1.54) is 15.9 Å². The number of rotatable bonds is 6. The maximum atomic E-state index is 12.2. The number of benzene rings is 1. The van der Waals surface area contributed by atoms with Crippen LogP contribution in [-0.4, -0.2) is 17.0 Å². The van der Waals surface area contributed by atoms with Gasteiger partial charge in [0.1, 0.15) is 6.54 Å². The Bertz CT molecular complexity index is 718. The number of carbonyl (C=O) groups excluding carboxylic acids is 1. The third-order valence-electron chi connectivity index (χ3n) is 3.53. The molecule has 0 fully saturated rings. The molecule has 1 aromatic heterocycles. The number of nitrogens with one attached hydrogen (secondary N) is 2. The number of anilines is 1. The van der Waals surface area contributed by atoms with Gasteiger partial charge < -0.3 is 10.6 Å². The molecule has 0 saturated heterocycles. The molecular weight excluding hydrogens is 298 g/mol. The van der Waals surface area contributed by atoms with E-state index in [1.807, 2.05) is 45.0 Å². The van der Waals surface area contributed by atoms with Crippen LogP contribution in [0.4, 0.5) is 5.69 Å². The molecule has 1 aromatic carbocycles. The second kappa shape index (κ2) is 7.38. The first-order chi connectivity index (χ1) is 10.5. The highest BCUT2D eigenvalue weighted by atomic mass is 32.1. The Hall–Kier alpha value is -1.92. The highest BCUT2D eigenvalue weighted by Gasteiger charge is 2.12. The van der Waals surface area contributed by atoms with Crippen molar-refractivity contribution in [1.29, 1.82) is 0 Å². The van der Waals surface area contributed by atoms with Gasteiger partial charge in [0, 0.05) is 22.8 Å². The van der Waals surface area contributed by atoms with E-state index in [2.05, 4.69) is 10.6 Å². The summed E-state index contributed by atoms with van der Waals surface area (Å²) in [5, 5.41) is 6.14.